The number of carbonyl (C=O) groups excluding carboxylic acids is 2. The molecule has 0 spiro atoms. The minimum atomic E-state index is -0.669. The summed E-state index contributed by atoms with van der Waals surface area (Å²) in [5.74, 6) is -0.707. The molecule has 2 heterocycles. The molecule has 1 aromatic heterocycles. The Bertz CT molecular complexity index is 449. The molecule has 0 aliphatic carbocycles. The molecule has 17 heavy (non-hydrogen) atoms. The minimum Gasteiger partial charge on any atom is -0.377 e. The summed E-state index contributed by atoms with van der Waals surface area (Å²) in [4.78, 5) is 25.5. The summed E-state index contributed by atoms with van der Waals surface area (Å²) in [6.45, 7) is 0.998. The van der Waals surface area contributed by atoms with Crippen LogP contribution in [0.5, 0.6) is 0 Å². The maximum atomic E-state index is 12.2. The number of halogens is 1. The third-order valence-electron chi connectivity index (χ3n) is 2.50. The molecule has 0 bridgehead atoms. The van der Waals surface area contributed by atoms with Crippen molar-refractivity contribution < 1.29 is 14.3 Å². The molecule has 1 aliphatic rings. The molecule has 1 unspecified atom stereocenters. The van der Waals surface area contributed by atoms with Crippen molar-refractivity contribution in [2.75, 3.05) is 19.8 Å². The van der Waals surface area contributed by atoms with Gasteiger partial charge in [-0.3, -0.25) is 9.59 Å². The maximum absolute atomic E-state index is 12.2. The summed E-state index contributed by atoms with van der Waals surface area (Å²) in [6, 6.07) is 2.86. The Morgan fingerprint density at radius 3 is 2.88 bits per heavy atom. The lowest BCUT2D eigenvalue weighted by Gasteiger charge is -2.33. The van der Waals surface area contributed by atoms with Crippen molar-refractivity contribution in [1.82, 2.24) is 4.90 Å². The van der Waals surface area contributed by atoms with E-state index < -0.39 is 11.9 Å². The molecule has 0 saturated carbocycles. The first-order valence-electron chi connectivity index (χ1n) is 5.03. The van der Waals surface area contributed by atoms with Crippen LogP contribution in [-0.4, -0.2) is 42.5 Å². The van der Waals surface area contributed by atoms with Crippen molar-refractivity contribution in [3.8, 4) is 0 Å². The Labute approximate surface area is 111 Å². The average Bonchev–Trinajstić information content (AvgIpc) is 2.75. The van der Waals surface area contributed by atoms with Crippen LogP contribution in [-0.2, 0) is 9.53 Å². The van der Waals surface area contributed by atoms with Crippen LogP contribution in [0.25, 0.3) is 0 Å². The molecule has 2 N–H and O–H groups in total. The number of hydrogen-bond acceptors (Lipinski definition) is 4. The van der Waals surface area contributed by atoms with Crippen LogP contribution in [0.2, 0.25) is 0 Å². The standard InChI is InChI=1S/C10H11BrN2O3S/c11-8-2-1-7(17-8)10(15)13-3-4-16-5-6(13)9(12)14/h1-2,6H,3-5H2,(H2,12,14). The molecule has 1 atom stereocenters. The van der Waals surface area contributed by atoms with Crippen LogP contribution in [0.1, 0.15) is 9.67 Å². The van der Waals surface area contributed by atoms with Crippen molar-refractivity contribution in [3.63, 3.8) is 0 Å². The predicted molar refractivity (Wildman–Crippen MR) is 66.9 cm³/mol. The Morgan fingerprint density at radius 2 is 2.29 bits per heavy atom. The highest BCUT2D eigenvalue weighted by atomic mass is 79.9. The van der Waals surface area contributed by atoms with Gasteiger partial charge in [-0.2, -0.15) is 0 Å². The summed E-state index contributed by atoms with van der Waals surface area (Å²) in [6.07, 6.45) is 0. The fourth-order valence-corrected chi connectivity index (χ4v) is 3.00. The zero-order valence-corrected chi connectivity index (χ0v) is 11.3. The number of morpholine rings is 1. The van der Waals surface area contributed by atoms with Crippen molar-refractivity contribution in [1.29, 1.82) is 0 Å². The fourth-order valence-electron chi connectivity index (χ4n) is 1.65. The lowest BCUT2D eigenvalue weighted by molar-refractivity contribution is -0.127. The van der Waals surface area contributed by atoms with E-state index in [1.54, 1.807) is 12.1 Å². The molecular weight excluding hydrogens is 308 g/mol. The second-order valence-corrected chi connectivity index (χ2v) is 6.06. The van der Waals surface area contributed by atoms with Crippen molar-refractivity contribution in [2.24, 2.45) is 5.73 Å². The Morgan fingerprint density at radius 1 is 1.53 bits per heavy atom. The zero-order chi connectivity index (χ0) is 12.4. The minimum absolute atomic E-state index is 0.173. The second-order valence-electron chi connectivity index (χ2n) is 3.60. The quantitative estimate of drug-likeness (QED) is 0.878. The van der Waals surface area contributed by atoms with Crippen LogP contribution < -0.4 is 5.73 Å². The molecule has 2 amide bonds. The fraction of sp³-hybridized carbons (Fsp3) is 0.400. The van der Waals surface area contributed by atoms with E-state index in [1.807, 2.05) is 0 Å². The van der Waals surface area contributed by atoms with Gasteiger partial charge in [-0.15, -0.1) is 11.3 Å². The van der Waals surface area contributed by atoms with Gasteiger partial charge in [-0.05, 0) is 28.1 Å². The highest BCUT2D eigenvalue weighted by Crippen LogP contribution is 2.24. The van der Waals surface area contributed by atoms with Crippen LogP contribution in [0.15, 0.2) is 15.9 Å². The van der Waals surface area contributed by atoms with Gasteiger partial charge in [-0.1, -0.05) is 0 Å². The lowest BCUT2D eigenvalue weighted by atomic mass is 10.2. The summed E-state index contributed by atoms with van der Waals surface area (Å²) in [5.41, 5.74) is 5.26. The Kier molecular flexibility index (Phi) is 3.80. The van der Waals surface area contributed by atoms with Crippen molar-refractivity contribution >= 4 is 39.1 Å². The number of amides is 2. The highest BCUT2D eigenvalue weighted by molar-refractivity contribution is 9.11. The molecule has 7 heteroatoms. The Balaban J connectivity index is 2.19. The summed E-state index contributed by atoms with van der Waals surface area (Å²) in [5, 5.41) is 0. The van der Waals surface area contributed by atoms with E-state index >= 15 is 0 Å². The van der Waals surface area contributed by atoms with E-state index in [1.165, 1.54) is 16.2 Å². The van der Waals surface area contributed by atoms with Crippen molar-refractivity contribution in [2.45, 2.75) is 6.04 Å². The monoisotopic (exact) mass is 318 g/mol. The third-order valence-corrected chi connectivity index (χ3v) is 4.11. The first kappa shape index (κ1) is 12.5. The first-order valence-corrected chi connectivity index (χ1v) is 6.64. The van der Waals surface area contributed by atoms with Gasteiger partial charge in [0.15, 0.2) is 0 Å². The number of carbonyl (C=O) groups is 2. The van der Waals surface area contributed by atoms with Gasteiger partial charge in [0.1, 0.15) is 6.04 Å². The largest absolute Gasteiger partial charge is 0.377 e. The predicted octanol–water partition coefficient (Wildman–Crippen LogP) is 0.837. The molecule has 0 aromatic carbocycles. The number of thiophene rings is 1. The van der Waals surface area contributed by atoms with Gasteiger partial charge in [0.05, 0.1) is 21.9 Å². The zero-order valence-electron chi connectivity index (χ0n) is 8.89. The van der Waals surface area contributed by atoms with E-state index in [-0.39, 0.29) is 12.5 Å². The molecule has 5 nitrogen and oxygen atoms in total. The molecule has 1 aromatic rings. The summed E-state index contributed by atoms with van der Waals surface area (Å²) >= 11 is 4.64. The Hall–Kier alpha value is -0.920. The van der Waals surface area contributed by atoms with E-state index in [0.29, 0.717) is 18.0 Å². The van der Waals surface area contributed by atoms with Crippen LogP contribution in [0, 0.1) is 0 Å². The van der Waals surface area contributed by atoms with Gasteiger partial charge in [0, 0.05) is 6.54 Å². The van der Waals surface area contributed by atoms with Gasteiger partial charge in [0.2, 0.25) is 5.91 Å². The molecule has 2 rings (SSSR count). The van der Waals surface area contributed by atoms with Crippen molar-refractivity contribution in [3.05, 3.63) is 20.8 Å². The van der Waals surface area contributed by atoms with Crippen LogP contribution in [0.4, 0.5) is 0 Å². The van der Waals surface area contributed by atoms with Gasteiger partial charge in [0.25, 0.3) is 5.91 Å². The number of nitrogens with two attached hydrogens (primary N) is 1. The SMILES string of the molecule is NC(=O)C1COCCN1C(=O)c1ccc(Br)s1. The topological polar surface area (TPSA) is 72.6 Å². The summed E-state index contributed by atoms with van der Waals surface area (Å²) in [7, 11) is 0. The third kappa shape index (κ3) is 2.67. The number of rotatable bonds is 2. The summed E-state index contributed by atoms with van der Waals surface area (Å²) < 4.78 is 6.04. The molecule has 92 valence electrons. The number of hydrogen-bond donors (Lipinski definition) is 1. The molecule has 1 fully saturated rings. The molecule has 1 aliphatic heterocycles. The van der Waals surface area contributed by atoms with Crippen LogP contribution >= 0.6 is 27.3 Å². The second kappa shape index (κ2) is 5.16. The molecule has 0 radical (unpaired) electrons. The maximum Gasteiger partial charge on any atom is 0.264 e. The molecule has 1 saturated heterocycles. The number of nitrogens with zero attached hydrogens (tertiary/aromatic N) is 1. The van der Waals surface area contributed by atoms with E-state index in [0.717, 1.165) is 3.79 Å². The number of ether oxygens (including phenoxy) is 1. The first-order chi connectivity index (χ1) is 8.09. The average molecular weight is 319 g/mol. The smallest absolute Gasteiger partial charge is 0.264 e. The van der Waals surface area contributed by atoms with E-state index in [4.69, 9.17) is 10.5 Å². The van der Waals surface area contributed by atoms with Crippen LogP contribution in [0.3, 0.4) is 0 Å². The van der Waals surface area contributed by atoms with Gasteiger partial charge in [-0.25, -0.2) is 0 Å². The highest BCUT2D eigenvalue weighted by Gasteiger charge is 2.32. The lowest BCUT2D eigenvalue weighted by Crippen LogP contribution is -2.54. The number of primary amides is 1. The van der Waals surface area contributed by atoms with Gasteiger partial charge >= 0.3 is 0 Å². The van der Waals surface area contributed by atoms with E-state index in [9.17, 15) is 9.59 Å². The van der Waals surface area contributed by atoms with Gasteiger partial charge < -0.3 is 15.4 Å². The van der Waals surface area contributed by atoms with E-state index in [2.05, 4.69) is 15.9 Å². The normalized spacial score (nSPS) is 20.3. The molecular formula is C10H11BrN2O3S.